The van der Waals surface area contributed by atoms with Crippen LogP contribution in [0, 0.1) is 6.92 Å². The minimum atomic E-state index is -3.22. The number of furan rings is 1. The number of hydrogen-bond acceptors (Lipinski definition) is 4. The fourth-order valence-corrected chi connectivity index (χ4v) is 2.55. The Labute approximate surface area is 117 Å². The van der Waals surface area contributed by atoms with Crippen molar-refractivity contribution in [3.63, 3.8) is 0 Å². The summed E-state index contributed by atoms with van der Waals surface area (Å²) in [5.41, 5.74) is 0.513. The SMILES string of the molecule is CCS(=O)(=O)c1ccc(NC(=O)c2ccc(C)o2)cc1. The zero-order valence-corrected chi connectivity index (χ0v) is 12.0. The first kappa shape index (κ1) is 14.3. The van der Waals surface area contributed by atoms with E-state index in [9.17, 15) is 13.2 Å². The van der Waals surface area contributed by atoms with E-state index in [0.29, 0.717) is 11.4 Å². The Kier molecular flexibility index (Phi) is 3.94. The first-order valence-corrected chi connectivity index (χ1v) is 7.78. The van der Waals surface area contributed by atoms with Crippen LogP contribution in [-0.2, 0) is 9.84 Å². The number of sulfone groups is 1. The second kappa shape index (κ2) is 5.50. The van der Waals surface area contributed by atoms with Crippen LogP contribution >= 0.6 is 0 Å². The highest BCUT2D eigenvalue weighted by molar-refractivity contribution is 7.91. The van der Waals surface area contributed by atoms with Gasteiger partial charge in [-0.15, -0.1) is 0 Å². The second-order valence-corrected chi connectivity index (χ2v) is 6.57. The van der Waals surface area contributed by atoms with Crippen LogP contribution in [0.25, 0.3) is 0 Å². The van der Waals surface area contributed by atoms with E-state index in [1.54, 1.807) is 38.1 Å². The summed E-state index contributed by atoms with van der Waals surface area (Å²) in [7, 11) is -3.22. The van der Waals surface area contributed by atoms with Crippen LogP contribution in [0.2, 0.25) is 0 Å². The maximum atomic E-state index is 11.8. The van der Waals surface area contributed by atoms with E-state index in [-0.39, 0.29) is 22.3 Å². The fraction of sp³-hybridized carbons (Fsp3) is 0.214. The third-order valence-electron chi connectivity index (χ3n) is 2.82. The van der Waals surface area contributed by atoms with Gasteiger partial charge >= 0.3 is 0 Å². The molecule has 0 atom stereocenters. The number of aryl methyl sites for hydroxylation is 1. The molecule has 1 aromatic carbocycles. The van der Waals surface area contributed by atoms with E-state index >= 15 is 0 Å². The Hall–Kier alpha value is -2.08. The van der Waals surface area contributed by atoms with Gasteiger partial charge in [0, 0.05) is 5.69 Å². The normalized spacial score (nSPS) is 11.3. The monoisotopic (exact) mass is 293 g/mol. The van der Waals surface area contributed by atoms with Crippen molar-refractivity contribution in [3.8, 4) is 0 Å². The molecule has 106 valence electrons. The van der Waals surface area contributed by atoms with Crippen LogP contribution in [0.1, 0.15) is 23.2 Å². The number of nitrogens with one attached hydrogen (secondary N) is 1. The number of carbonyl (C=O) groups is 1. The van der Waals surface area contributed by atoms with Gasteiger partial charge in [-0.25, -0.2) is 8.42 Å². The van der Waals surface area contributed by atoms with Gasteiger partial charge in [0.15, 0.2) is 15.6 Å². The molecule has 2 rings (SSSR count). The molecule has 6 heteroatoms. The molecule has 0 unspecified atom stereocenters. The molecule has 1 heterocycles. The molecular formula is C14H15NO4S. The molecule has 2 aromatic rings. The predicted molar refractivity (Wildman–Crippen MR) is 75.6 cm³/mol. The van der Waals surface area contributed by atoms with E-state index in [0.717, 1.165) is 0 Å². The predicted octanol–water partition coefficient (Wildman–Crippen LogP) is 2.63. The number of hydrogen-bond donors (Lipinski definition) is 1. The highest BCUT2D eigenvalue weighted by Crippen LogP contribution is 2.16. The zero-order valence-electron chi connectivity index (χ0n) is 11.2. The van der Waals surface area contributed by atoms with Crippen molar-refractivity contribution in [1.29, 1.82) is 0 Å². The molecule has 5 nitrogen and oxygen atoms in total. The van der Waals surface area contributed by atoms with E-state index in [1.807, 2.05) is 0 Å². The lowest BCUT2D eigenvalue weighted by Crippen LogP contribution is -2.11. The van der Waals surface area contributed by atoms with Crippen LogP contribution in [0.15, 0.2) is 45.7 Å². The minimum absolute atomic E-state index is 0.0460. The van der Waals surface area contributed by atoms with Crippen LogP contribution in [-0.4, -0.2) is 20.1 Å². The van der Waals surface area contributed by atoms with E-state index in [2.05, 4.69) is 5.32 Å². The Bertz CT molecular complexity index is 714. The Morgan fingerprint density at radius 3 is 2.30 bits per heavy atom. The summed E-state index contributed by atoms with van der Waals surface area (Å²) in [5, 5.41) is 2.64. The summed E-state index contributed by atoms with van der Waals surface area (Å²) in [4.78, 5) is 12.1. The Morgan fingerprint density at radius 2 is 1.80 bits per heavy atom. The molecule has 0 radical (unpaired) electrons. The van der Waals surface area contributed by atoms with Gasteiger partial charge in [-0.1, -0.05) is 6.92 Å². The molecule has 0 saturated heterocycles. The smallest absolute Gasteiger partial charge is 0.291 e. The van der Waals surface area contributed by atoms with Crippen LogP contribution in [0.5, 0.6) is 0 Å². The van der Waals surface area contributed by atoms with Gasteiger partial charge in [-0.2, -0.15) is 0 Å². The highest BCUT2D eigenvalue weighted by Gasteiger charge is 2.13. The number of benzene rings is 1. The first-order chi connectivity index (χ1) is 9.42. The van der Waals surface area contributed by atoms with Crippen molar-refractivity contribution in [2.45, 2.75) is 18.7 Å². The van der Waals surface area contributed by atoms with Crippen molar-refractivity contribution in [3.05, 3.63) is 47.9 Å². The number of carbonyl (C=O) groups excluding carboxylic acids is 1. The molecule has 0 spiro atoms. The molecule has 0 aliphatic carbocycles. The van der Waals surface area contributed by atoms with Gasteiger partial charge in [0.25, 0.3) is 5.91 Å². The zero-order chi connectivity index (χ0) is 14.8. The average molecular weight is 293 g/mol. The van der Waals surface area contributed by atoms with Gasteiger partial charge in [0.2, 0.25) is 0 Å². The molecule has 0 bridgehead atoms. The van der Waals surface area contributed by atoms with Crippen LogP contribution < -0.4 is 5.32 Å². The first-order valence-electron chi connectivity index (χ1n) is 6.13. The lowest BCUT2D eigenvalue weighted by Gasteiger charge is -2.05. The molecule has 0 saturated carbocycles. The molecule has 1 aromatic heterocycles. The molecule has 0 aliphatic rings. The lowest BCUT2D eigenvalue weighted by molar-refractivity contribution is 0.0995. The standard InChI is InChI=1S/C14H15NO4S/c1-3-20(17,18)12-7-5-11(6-8-12)15-14(16)13-9-4-10(2)19-13/h4-9H,3H2,1-2H3,(H,15,16). The van der Waals surface area contributed by atoms with E-state index in [1.165, 1.54) is 12.1 Å². The largest absolute Gasteiger partial charge is 0.456 e. The molecule has 0 fully saturated rings. The third kappa shape index (κ3) is 3.08. The second-order valence-electron chi connectivity index (χ2n) is 4.29. The summed E-state index contributed by atoms with van der Waals surface area (Å²) < 4.78 is 28.5. The Balaban J connectivity index is 2.14. The molecular weight excluding hydrogens is 278 g/mol. The third-order valence-corrected chi connectivity index (χ3v) is 4.57. The molecule has 0 aliphatic heterocycles. The van der Waals surface area contributed by atoms with Crippen LogP contribution in [0.3, 0.4) is 0 Å². The van der Waals surface area contributed by atoms with Gasteiger partial charge < -0.3 is 9.73 Å². The van der Waals surface area contributed by atoms with Crippen LogP contribution in [0.4, 0.5) is 5.69 Å². The average Bonchev–Trinajstić information content (AvgIpc) is 2.86. The summed E-state index contributed by atoms with van der Waals surface area (Å²) >= 11 is 0. The molecule has 1 amide bonds. The van der Waals surface area contributed by atoms with E-state index < -0.39 is 9.84 Å². The maximum absolute atomic E-state index is 11.8. The van der Waals surface area contributed by atoms with Crippen molar-refractivity contribution >= 4 is 21.4 Å². The summed E-state index contributed by atoms with van der Waals surface area (Å²) in [6.07, 6.45) is 0. The van der Waals surface area contributed by atoms with Crippen molar-refractivity contribution in [1.82, 2.24) is 0 Å². The fourth-order valence-electron chi connectivity index (χ4n) is 1.66. The molecule has 1 N–H and O–H groups in total. The summed E-state index contributed by atoms with van der Waals surface area (Å²) in [6.45, 7) is 3.34. The summed E-state index contributed by atoms with van der Waals surface area (Å²) in [5.74, 6) is 0.543. The quantitative estimate of drug-likeness (QED) is 0.940. The van der Waals surface area contributed by atoms with Crippen molar-refractivity contribution in [2.24, 2.45) is 0 Å². The summed E-state index contributed by atoms with van der Waals surface area (Å²) in [6, 6.07) is 9.34. The Morgan fingerprint density at radius 1 is 1.15 bits per heavy atom. The topological polar surface area (TPSA) is 76.4 Å². The van der Waals surface area contributed by atoms with Gasteiger partial charge in [-0.05, 0) is 43.3 Å². The number of amides is 1. The molecule has 20 heavy (non-hydrogen) atoms. The van der Waals surface area contributed by atoms with Gasteiger partial charge in [0.05, 0.1) is 10.6 Å². The van der Waals surface area contributed by atoms with Crippen molar-refractivity contribution < 1.29 is 17.6 Å². The lowest BCUT2D eigenvalue weighted by atomic mass is 10.3. The van der Waals surface area contributed by atoms with Gasteiger partial charge in [-0.3, -0.25) is 4.79 Å². The number of rotatable bonds is 4. The highest BCUT2D eigenvalue weighted by atomic mass is 32.2. The maximum Gasteiger partial charge on any atom is 0.291 e. The number of anilines is 1. The minimum Gasteiger partial charge on any atom is -0.456 e. The van der Waals surface area contributed by atoms with Crippen molar-refractivity contribution in [2.75, 3.05) is 11.1 Å². The van der Waals surface area contributed by atoms with E-state index in [4.69, 9.17) is 4.42 Å². The van der Waals surface area contributed by atoms with Gasteiger partial charge in [0.1, 0.15) is 5.76 Å².